The van der Waals surface area contributed by atoms with Gasteiger partial charge in [-0.1, -0.05) is 6.92 Å². The SMILES string of the molecule is COCCN1CCN(C(COC)C(C)CF)C1=O. The summed E-state index contributed by atoms with van der Waals surface area (Å²) in [5, 5.41) is 0. The van der Waals surface area contributed by atoms with Crippen LogP contribution in [-0.2, 0) is 9.47 Å². The van der Waals surface area contributed by atoms with E-state index >= 15 is 0 Å². The summed E-state index contributed by atoms with van der Waals surface area (Å²) < 4.78 is 22.9. The smallest absolute Gasteiger partial charge is 0.320 e. The Kier molecular flexibility index (Phi) is 6.35. The molecule has 0 radical (unpaired) electrons. The van der Waals surface area contributed by atoms with E-state index in [-0.39, 0.29) is 18.0 Å². The van der Waals surface area contributed by atoms with Crippen LogP contribution in [0.4, 0.5) is 9.18 Å². The normalized spacial score (nSPS) is 19.4. The number of methoxy groups -OCH3 is 2. The van der Waals surface area contributed by atoms with Crippen molar-refractivity contribution in [1.82, 2.24) is 9.80 Å². The third-order valence-electron chi connectivity index (χ3n) is 3.33. The van der Waals surface area contributed by atoms with Gasteiger partial charge in [0, 0.05) is 39.8 Å². The summed E-state index contributed by atoms with van der Waals surface area (Å²) in [6.07, 6.45) is 0. The van der Waals surface area contributed by atoms with Gasteiger partial charge in [-0.15, -0.1) is 0 Å². The Labute approximate surface area is 108 Å². The number of hydrogen-bond donors (Lipinski definition) is 0. The van der Waals surface area contributed by atoms with Crippen LogP contribution < -0.4 is 0 Å². The Morgan fingerprint density at radius 2 is 2.06 bits per heavy atom. The quantitative estimate of drug-likeness (QED) is 0.655. The number of rotatable bonds is 8. The zero-order chi connectivity index (χ0) is 13.5. The second-order valence-electron chi connectivity index (χ2n) is 4.61. The fraction of sp³-hybridized carbons (Fsp3) is 0.917. The number of hydrogen-bond acceptors (Lipinski definition) is 3. The van der Waals surface area contributed by atoms with Crippen molar-refractivity contribution in [3.8, 4) is 0 Å². The van der Waals surface area contributed by atoms with Gasteiger partial charge in [-0.2, -0.15) is 0 Å². The highest BCUT2D eigenvalue weighted by Crippen LogP contribution is 2.19. The summed E-state index contributed by atoms with van der Waals surface area (Å²) in [5.74, 6) is -0.212. The molecule has 5 nitrogen and oxygen atoms in total. The Morgan fingerprint density at radius 3 is 2.61 bits per heavy atom. The number of urea groups is 1. The fourth-order valence-electron chi connectivity index (χ4n) is 2.15. The van der Waals surface area contributed by atoms with E-state index in [1.807, 2.05) is 0 Å². The number of carbonyl (C=O) groups excluding carboxylic acids is 1. The molecular formula is C12H23FN2O3. The van der Waals surface area contributed by atoms with Crippen molar-refractivity contribution in [2.75, 3.05) is 53.7 Å². The summed E-state index contributed by atoms with van der Waals surface area (Å²) in [5.41, 5.74) is 0. The van der Waals surface area contributed by atoms with E-state index in [1.165, 1.54) is 0 Å². The van der Waals surface area contributed by atoms with Gasteiger partial charge < -0.3 is 19.3 Å². The minimum absolute atomic E-state index is 0.0469. The molecule has 0 aromatic heterocycles. The number of nitrogens with zero attached hydrogens (tertiary/aromatic N) is 2. The van der Waals surface area contributed by atoms with Crippen LogP contribution in [0.15, 0.2) is 0 Å². The van der Waals surface area contributed by atoms with E-state index in [0.717, 1.165) is 0 Å². The predicted octanol–water partition coefficient (Wildman–Crippen LogP) is 0.991. The largest absolute Gasteiger partial charge is 0.383 e. The Morgan fingerprint density at radius 1 is 1.33 bits per heavy atom. The Bertz CT molecular complexity index is 266. The van der Waals surface area contributed by atoms with Crippen molar-refractivity contribution in [3.05, 3.63) is 0 Å². The molecule has 1 fully saturated rings. The first kappa shape index (κ1) is 15.2. The summed E-state index contributed by atoms with van der Waals surface area (Å²) in [7, 11) is 3.18. The molecule has 6 heteroatoms. The van der Waals surface area contributed by atoms with Gasteiger partial charge in [0.2, 0.25) is 0 Å². The minimum atomic E-state index is -0.449. The molecular weight excluding hydrogens is 239 g/mol. The molecule has 0 aliphatic carbocycles. The van der Waals surface area contributed by atoms with Crippen molar-refractivity contribution < 1.29 is 18.7 Å². The molecule has 0 saturated carbocycles. The Hall–Kier alpha value is -0.880. The molecule has 106 valence electrons. The summed E-state index contributed by atoms with van der Waals surface area (Å²) in [4.78, 5) is 15.6. The molecule has 1 aliphatic heterocycles. The second-order valence-corrected chi connectivity index (χ2v) is 4.61. The molecule has 1 rings (SSSR count). The molecule has 2 amide bonds. The van der Waals surface area contributed by atoms with E-state index in [1.54, 1.807) is 30.9 Å². The molecule has 0 spiro atoms. The molecule has 0 N–H and O–H groups in total. The number of halogens is 1. The van der Waals surface area contributed by atoms with Crippen molar-refractivity contribution in [2.45, 2.75) is 13.0 Å². The lowest BCUT2D eigenvalue weighted by atomic mass is 10.0. The van der Waals surface area contributed by atoms with Gasteiger partial charge in [-0.05, 0) is 0 Å². The van der Waals surface area contributed by atoms with Crippen molar-refractivity contribution in [2.24, 2.45) is 5.92 Å². The summed E-state index contributed by atoms with van der Waals surface area (Å²) in [6.45, 7) is 4.12. The standard InChI is InChI=1S/C12H23FN2O3/c1-10(8-13)11(9-18-3)15-5-4-14(12(15)16)6-7-17-2/h10-11H,4-9H2,1-3H3. The highest BCUT2D eigenvalue weighted by atomic mass is 19.1. The lowest BCUT2D eigenvalue weighted by Gasteiger charge is -2.30. The maximum atomic E-state index is 12.8. The fourth-order valence-corrected chi connectivity index (χ4v) is 2.15. The topological polar surface area (TPSA) is 42.0 Å². The molecule has 1 saturated heterocycles. The molecule has 18 heavy (non-hydrogen) atoms. The van der Waals surface area contributed by atoms with Crippen LogP contribution in [0.2, 0.25) is 0 Å². The second kappa shape index (κ2) is 7.53. The minimum Gasteiger partial charge on any atom is -0.383 e. The molecule has 0 bridgehead atoms. The van der Waals surface area contributed by atoms with Gasteiger partial charge in [-0.25, -0.2) is 4.79 Å². The molecule has 2 atom stereocenters. The molecule has 0 aromatic rings. The average molecular weight is 262 g/mol. The van der Waals surface area contributed by atoms with E-state index in [9.17, 15) is 9.18 Å². The monoisotopic (exact) mass is 262 g/mol. The van der Waals surface area contributed by atoms with Crippen LogP contribution >= 0.6 is 0 Å². The summed E-state index contributed by atoms with van der Waals surface area (Å²) >= 11 is 0. The van der Waals surface area contributed by atoms with Crippen LogP contribution in [0.1, 0.15) is 6.92 Å². The van der Waals surface area contributed by atoms with Crippen LogP contribution in [-0.4, -0.2) is 75.6 Å². The zero-order valence-electron chi connectivity index (χ0n) is 11.4. The Balaban J connectivity index is 2.61. The maximum Gasteiger partial charge on any atom is 0.320 e. The summed E-state index contributed by atoms with van der Waals surface area (Å²) in [6, 6.07) is -0.241. The lowest BCUT2D eigenvalue weighted by Crippen LogP contribution is -2.46. The highest BCUT2D eigenvalue weighted by Gasteiger charge is 2.35. The molecule has 2 unspecified atom stereocenters. The van der Waals surface area contributed by atoms with Gasteiger partial charge in [0.25, 0.3) is 0 Å². The maximum absolute atomic E-state index is 12.8. The van der Waals surface area contributed by atoms with Gasteiger partial charge in [0.05, 0.1) is 25.9 Å². The zero-order valence-corrected chi connectivity index (χ0v) is 11.4. The van der Waals surface area contributed by atoms with Crippen molar-refractivity contribution >= 4 is 6.03 Å². The first-order valence-corrected chi connectivity index (χ1v) is 6.25. The average Bonchev–Trinajstić information content (AvgIpc) is 2.74. The van der Waals surface area contributed by atoms with Crippen LogP contribution in [0.3, 0.4) is 0 Å². The van der Waals surface area contributed by atoms with Crippen LogP contribution in [0.5, 0.6) is 0 Å². The van der Waals surface area contributed by atoms with Gasteiger partial charge in [-0.3, -0.25) is 4.39 Å². The number of amides is 2. The highest BCUT2D eigenvalue weighted by molar-refractivity contribution is 5.77. The first-order valence-electron chi connectivity index (χ1n) is 6.25. The number of carbonyl (C=O) groups is 1. The molecule has 1 heterocycles. The van der Waals surface area contributed by atoms with Crippen molar-refractivity contribution in [3.63, 3.8) is 0 Å². The third-order valence-corrected chi connectivity index (χ3v) is 3.33. The predicted molar refractivity (Wildman–Crippen MR) is 66.4 cm³/mol. The van der Waals surface area contributed by atoms with Gasteiger partial charge in [0.1, 0.15) is 0 Å². The number of ether oxygens (including phenoxy) is 2. The number of alkyl halides is 1. The van der Waals surface area contributed by atoms with Crippen LogP contribution in [0.25, 0.3) is 0 Å². The molecule has 1 aliphatic rings. The lowest BCUT2D eigenvalue weighted by molar-refractivity contribution is 0.0770. The van der Waals surface area contributed by atoms with Gasteiger partial charge >= 0.3 is 6.03 Å². The first-order chi connectivity index (χ1) is 8.65. The van der Waals surface area contributed by atoms with E-state index in [2.05, 4.69) is 0 Å². The van der Waals surface area contributed by atoms with E-state index < -0.39 is 6.67 Å². The molecule has 0 aromatic carbocycles. The van der Waals surface area contributed by atoms with Gasteiger partial charge in [0.15, 0.2) is 0 Å². The van der Waals surface area contributed by atoms with Crippen LogP contribution in [0, 0.1) is 5.92 Å². The van der Waals surface area contributed by atoms with E-state index in [0.29, 0.717) is 32.8 Å². The van der Waals surface area contributed by atoms with E-state index in [4.69, 9.17) is 9.47 Å². The van der Waals surface area contributed by atoms with Crippen molar-refractivity contribution in [1.29, 1.82) is 0 Å². The third kappa shape index (κ3) is 3.55.